The fourth-order valence-electron chi connectivity index (χ4n) is 4.09. The Bertz CT molecular complexity index is 944. The molecule has 2 aromatic rings. The molecular weight excluding hydrogens is 412 g/mol. The van der Waals surface area contributed by atoms with Gasteiger partial charge in [-0.15, -0.1) is 0 Å². The van der Waals surface area contributed by atoms with Crippen LogP contribution in [0, 0.1) is 0 Å². The molecule has 0 spiro atoms. The molecule has 0 heterocycles. The Kier molecular flexibility index (Phi) is 7.48. The van der Waals surface area contributed by atoms with Gasteiger partial charge in [0.05, 0.1) is 13.0 Å². The van der Waals surface area contributed by atoms with Crippen molar-refractivity contribution in [2.24, 2.45) is 0 Å². The Labute approximate surface area is 186 Å². The first kappa shape index (κ1) is 23.3. The van der Waals surface area contributed by atoms with E-state index < -0.39 is 30.4 Å². The summed E-state index contributed by atoms with van der Waals surface area (Å²) in [5, 5.41) is 20.8. The monoisotopic (exact) mass is 440 g/mol. The van der Waals surface area contributed by atoms with Gasteiger partial charge < -0.3 is 25.2 Å². The van der Waals surface area contributed by atoms with Gasteiger partial charge in [-0.1, -0.05) is 48.5 Å². The molecule has 3 N–H and O–H groups in total. The fourth-order valence-corrected chi connectivity index (χ4v) is 4.09. The van der Waals surface area contributed by atoms with Crippen LogP contribution in [0.15, 0.2) is 48.5 Å². The summed E-state index contributed by atoms with van der Waals surface area (Å²) >= 11 is 0. The van der Waals surface area contributed by atoms with Crippen molar-refractivity contribution in [3.63, 3.8) is 0 Å². The summed E-state index contributed by atoms with van der Waals surface area (Å²) in [6.07, 6.45) is -1.45. The van der Waals surface area contributed by atoms with Crippen LogP contribution in [0.2, 0.25) is 0 Å². The molecule has 0 saturated heterocycles. The maximum atomic E-state index is 12.8. The first-order chi connectivity index (χ1) is 15.3. The largest absolute Gasteiger partial charge is 0.481 e. The number of aliphatic hydroxyl groups excluding tert-OH is 1. The number of aliphatic hydroxyl groups is 1. The van der Waals surface area contributed by atoms with Crippen molar-refractivity contribution in [1.82, 2.24) is 10.2 Å². The molecule has 0 saturated carbocycles. The van der Waals surface area contributed by atoms with E-state index in [1.165, 1.54) is 4.90 Å². The lowest BCUT2D eigenvalue weighted by Crippen LogP contribution is -2.52. The van der Waals surface area contributed by atoms with E-state index in [0.29, 0.717) is 0 Å². The lowest BCUT2D eigenvalue weighted by atomic mass is 9.98. The zero-order chi connectivity index (χ0) is 23.3. The summed E-state index contributed by atoms with van der Waals surface area (Å²) in [6.45, 7) is 3.32. The van der Waals surface area contributed by atoms with Gasteiger partial charge >= 0.3 is 12.1 Å². The molecule has 32 heavy (non-hydrogen) atoms. The molecule has 1 unspecified atom stereocenters. The molecule has 1 atom stereocenters. The predicted octanol–water partition coefficient (Wildman–Crippen LogP) is 2.60. The lowest BCUT2D eigenvalue weighted by Gasteiger charge is -2.30. The van der Waals surface area contributed by atoms with Crippen LogP contribution in [-0.4, -0.2) is 64.9 Å². The first-order valence-corrected chi connectivity index (χ1v) is 10.6. The Balaban J connectivity index is 1.71. The van der Waals surface area contributed by atoms with E-state index in [9.17, 15) is 24.6 Å². The van der Waals surface area contributed by atoms with Crippen LogP contribution in [0.4, 0.5) is 4.79 Å². The second-order valence-electron chi connectivity index (χ2n) is 7.97. The van der Waals surface area contributed by atoms with E-state index in [0.717, 1.165) is 22.3 Å². The Morgan fingerprint density at radius 3 is 2.09 bits per heavy atom. The zero-order valence-electron chi connectivity index (χ0n) is 18.2. The molecule has 170 valence electrons. The number of aliphatic carboxylic acids is 1. The number of benzene rings is 2. The molecule has 8 nitrogen and oxygen atoms in total. The maximum absolute atomic E-state index is 12.8. The predicted molar refractivity (Wildman–Crippen MR) is 118 cm³/mol. The molecule has 0 aromatic heterocycles. The van der Waals surface area contributed by atoms with Crippen molar-refractivity contribution < 1.29 is 29.3 Å². The van der Waals surface area contributed by atoms with Gasteiger partial charge in [-0.25, -0.2) is 4.79 Å². The molecular formula is C24H28N2O6. The highest BCUT2D eigenvalue weighted by molar-refractivity contribution is 5.89. The van der Waals surface area contributed by atoms with Crippen molar-refractivity contribution in [1.29, 1.82) is 0 Å². The van der Waals surface area contributed by atoms with E-state index in [2.05, 4.69) is 5.32 Å². The van der Waals surface area contributed by atoms with Crippen LogP contribution >= 0.6 is 0 Å². The lowest BCUT2D eigenvalue weighted by molar-refractivity contribution is -0.143. The second kappa shape index (κ2) is 10.3. The molecule has 2 aromatic carbocycles. The maximum Gasteiger partial charge on any atom is 0.407 e. The number of carboxylic acids is 1. The quantitative estimate of drug-likeness (QED) is 0.552. The number of nitrogens with zero attached hydrogens (tertiary/aromatic N) is 1. The first-order valence-electron chi connectivity index (χ1n) is 10.6. The summed E-state index contributed by atoms with van der Waals surface area (Å²) in [5.41, 5.74) is 4.28. The van der Waals surface area contributed by atoms with Crippen LogP contribution in [-0.2, 0) is 14.3 Å². The number of carbonyl (C=O) groups is 3. The number of hydrogen-bond donors (Lipinski definition) is 3. The van der Waals surface area contributed by atoms with Gasteiger partial charge in [-0.05, 0) is 36.1 Å². The van der Waals surface area contributed by atoms with Gasteiger partial charge in [0.25, 0.3) is 0 Å². The van der Waals surface area contributed by atoms with Crippen molar-refractivity contribution in [3.05, 3.63) is 59.7 Å². The average molecular weight is 440 g/mol. The second-order valence-corrected chi connectivity index (χ2v) is 7.97. The number of amides is 2. The number of carbonyl (C=O) groups excluding carboxylic acids is 2. The molecule has 0 radical (unpaired) electrons. The standard InChI is InChI=1S/C24H28N2O6/c1-15(2)26(11-12-27)23(30)21(13-22(28)29)25-24(31)32-14-20-18-9-5-3-7-16(18)17-8-4-6-10-19(17)20/h3-10,15,20-21,27H,11-14H2,1-2H3,(H,25,31)(H,28,29). The molecule has 0 bridgehead atoms. The van der Waals surface area contributed by atoms with E-state index >= 15 is 0 Å². The zero-order valence-corrected chi connectivity index (χ0v) is 18.2. The van der Waals surface area contributed by atoms with E-state index in [1.807, 2.05) is 48.5 Å². The molecule has 8 heteroatoms. The molecule has 3 rings (SSSR count). The summed E-state index contributed by atoms with van der Waals surface area (Å²) in [5.74, 6) is -1.96. The minimum Gasteiger partial charge on any atom is -0.481 e. The van der Waals surface area contributed by atoms with Crippen LogP contribution in [0.1, 0.15) is 37.3 Å². The minimum absolute atomic E-state index is 0.0407. The minimum atomic E-state index is -1.29. The summed E-state index contributed by atoms with van der Waals surface area (Å²) in [4.78, 5) is 37.9. The smallest absolute Gasteiger partial charge is 0.407 e. The number of nitrogens with one attached hydrogen (secondary N) is 1. The van der Waals surface area contributed by atoms with Crippen LogP contribution in [0.3, 0.4) is 0 Å². The van der Waals surface area contributed by atoms with Crippen molar-refractivity contribution in [2.45, 2.75) is 38.3 Å². The van der Waals surface area contributed by atoms with Crippen molar-refractivity contribution in [3.8, 4) is 11.1 Å². The molecule has 2 amide bonds. The fraction of sp³-hybridized carbons (Fsp3) is 0.375. The number of ether oxygens (including phenoxy) is 1. The third-order valence-electron chi connectivity index (χ3n) is 5.56. The summed E-state index contributed by atoms with van der Waals surface area (Å²) < 4.78 is 5.44. The molecule has 1 aliphatic rings. The third kappa shape index (κ3) is 5.08. The van der Waals surface area contributed by atoms with Crippen LogP contribution in [0.25, 0.3) is 11.1 Å². The van der Waals surface area contributed by atoms with Gasteiger partial charge in [0.1, 0.15) is 12.6 Å². The Morgan fingerprint density at radius 2 is 1.59 bits per heavy atom. The number of rotatable bonds is 9. The Morgan fingerprint density at radius 1 is 1.03 bits per heavy atom. The summed E-state index contributed by atoms with van der Waals surface area (Å²) in [6, 6.07) is 14.3. The van der Waals surface area contributed by atoms with Gasteiger partial charge in [0.2, 0.25) is 5.91 Å². The number of fused-ring (bicyclic) bond motifs is 3. The van der Waals surface area contributed by atoms with E-state index in [-0.39, 0.29) is 31.7 Å². The Hall–Kier alpha value is -3.39. The number of carboxylic acid groups (broad SMARTS) is 1. The molecule has 0 aliphatic heterocycles. The highest BCUT2D eigenvalue weighted by atomic mass is 16.5. The van der Waals surface area contributed by atoms with Crippen LogP contribution < -0.4 is 5.32 Å². The van der Waals surface area contributed by atoms with Gasteiger partial charge in [-0.3, -0.25) is 9.59 Å². The highest BCUT2D eigenvalue weighted by Crippen LogP contribution is 2.44. The normalized spacial score (nSPS) is 13.2. The van der Waals surface area contributed by atoms with Gasteiger partial charge in [0, 0.05) is 18.5 Å². The molecule has 0 fully saturated rings. The third-order valence-corrected chi connectivity index (χ3v) is 5.56. The number of hydrogen-bond acceptors (Lipinski definition) is 5. The van der Waals surface area contributed by atoms with E-state index in [1.54, 1.807) is 13.8 Å². The van der Waals surface area contributed by atoms with Gasteiger partial charge in [-0.2, -0.15) is 0 Å². The highest BCUT2D eigenvalue weighted by Gasteiger charge is 2.32. The SMILES string of the molecule is CC(C)N(CCO)C(=O)C(CC(=O)O)NC(=O)OCC1c2ccccc2-c2ccccc21. The average Bonchev–Trinajstić information content (AvgIpc) is 3.08. The van der Waals surface area contributed by atoms with Gasteiger partial charge in [0.15, 0.2) is 0 Å². The number of alkyl carbamates (subject to hydrolysis) is 1. The van der Waals surface area contributed by atoms with Crippen molar-refractivity contribution in [2.75, 3.05) is 19.8 Å². The summed E-state index contributed by atoms with van der Waals surface area (Å²) in [7, 11) is 0. The van der Waals surface area contributed by atoms with Crippen LogP contribution in [0.5, 0.6) is 0 Å². The topological polar surface area (TPSA) is 116 Å². The molecule has 1 aliphatic carbocycles. The van der Waals surface area contributed by atoms with E-state index in [4.69, 9.17) is 4.74 Å². The van der Waals surface area contributed by atoms with Crippen molar-refractivity contribution >= 4 is 18.0 Å².